The van der Waals surface area contributed by atoms with Gasteiger partial charge in [-0.25, -0.2) is 0 Å². The molecule has 0 aliphatic carbocycles. The maximum atomic E-state index is 13.2. The van der Waals surface area contributed by atoms with Crippen LogP contribution in [0.15, 0.2) is 24.3 Å². The molecular weight excluding hydrogens is 453 g/mol. The van der Waals surface area contributed by atoms with E-state index in [1.54, 1.807) is 12.1 Å². The Morgan fingerprint density at radius 1 is 0.939 bits per heavy atom. The molecule has 3 rings (SSSR count). The molecular formula is C21H26F5N3O4. The number of benzene rings is 1. The van der Waals surface area contributed by atoms with Crippen LogP contribution in [0.1, 0.15) is 19.3 Å². The Morgan fingerprint density at radius 3 is 2.15 bits per heavy atom. The number of carbonyl (C=O) groups is 2. The highest BCUT2D eigenvalue weighted by atomic mass is 19.4. The molecule has 0 aromatic heterocycles. The molecule has 0 bridgehead atoms. The van der Waals surface area contributed by atoms with Crippen LogP contribution in [0.25, 0.3) is 0 Å². The second kappa shape index (κ2) is 10.2. The van der Waals surface area contributed by atoms with Gasteiger partial charge in [0.2, 0.25) is 11.8 Å². The SMILES string of the molecule is O=C1CCCC(=O)N1CC(O)CN1CCN(c2ccccc2OCC(F)(F)C(F)(F)F)CC1. The second-order valence-corrected chi connectivity index (χ2v) is 8.15. The number of rotatable bonds is 8. The average Bonchev–Trinajstić information content (AvgIpc) is 2.75. The Morgan fingerprint density at radius 2 is 1.55 bits per heavy atom. The third kappa shape index (κ3) is 6.32. The zero-order valence-corrected chi connectivity index (χ0v) is 17.9. The molecule has 12 heteroatoms. The zero-order chi connectivity index (χ0) is 24.2. The first-order valence-electron chi connectivity index (χ1n) is 10.6. The van der Waals surface area contributed by atoms with E-state index in [1.807, 2.05) is 9.80 Å². The van der Waals surface area contributed by atoms with Crippen LogP contribution >= 0.6 is 0 Å². The van der Waals surface area contributed by atoms with Crippen molar-refractivity contribution in [1.82, 2.24) is 9.80 Å². The topological polar surface area (TPSA) is 73.3 Å². The Bertz CT molecular complexity index is 827. The number of ether oxygens (including phenoxy) is 1. The molecule has 1 unspecified atom stereocenters. The van der Waals surface area contributed by atoms with Crippen molar-refractivity contribution in [3.8, 4) is 5.75 Å². The van der Waals surface area contributed by atoms with Gasteiger partial charge in [-0.3, -0.25) is 19.4 Å². The molecule has 2 saturated heterocycles. The highest BCUT2D eigenvalue weighted by molar-refractivity contribution is 5.97. The number of amides is 2. The van der Waals surface area contributed by atoms with Crippen molar-refractivity contribution < 1.29 is 41.4 Å². The number of piperazine rings is 1. The first kappa shape index (κ1) is 25.2. The van der Waals surface area contributed by atoms with E-state index < -0.39 is 24.8 Å². The highest BCUT2D eigenvalue weighted by Gasteiger charge is 2.58. The number of likely N-dealkylation sites (tertiary alicyclic amines) is 1. The van der Waals surface area contributed by atoms with Crippen LogP contribution < -0.4 is 9.64 Å². The number of carbonyl (C=O) groups excluding carboxylic acids is 2. The van der Waals surface area contributed by atoms with Crippen LogP contribution in [0.4, 0.5) is 27.6 Å². The van der Waals surface area contributed by atoms with Crippen LogP contribution in [0.3, 0.4) is 0 Å². The summed E-state index contributed by atoms with van der Waals surface area (Å²) < 4.78 is 68.6. The number of para-hydroxylation sites is 2. The van der Waals surface area contributed by atoms with Crippen molar-refractivity contribution in [2.24, 2.45) is 0 Å². The minimum Gasteiger partial charge on any atom is -0.485 e. The van der Waals surface area contributed by atoms with E-state index in [2.05, 4.69) is 0 Å². The van der Waals surface area contributed by atoms with E-state index in [4.69, 9.17) is 4.74 Å². The predicted molar refractivity (Wildman–Crippen MR) is 108 cm³/mol. The van der Waals surface area contributed by atoms with Gasteiger partial charge in [0.1, 0.15) is 5.75 Å². The number of imide groups is 1. The molecule has 0 radical (unpaired) electrons. The van der Waals surface area contributed by atoms with E-state index in [9.17, 15) is 36.6 Å². The number of nitrogens with zero attached hydrogens (tertiary/aromatic N) is 3. The molecule has 1 atom stereocenters. The molecule has 2 amide bonds. The molecule has 2 aliphatic rings. The minimum atomic E-state index is -5.70. The van der Waals surface area contributed by atoms with Crippen molar-refractivity contribution >= 4 is 17.5 Å². The lowest BCUT2D eigenvalue weighted by Gasteiger charge is -2.38. The van der Waals surface area contributed by atoms with Crippen molar-refractivity contribution in [3.05, 3.63) is 24.3 Å². The quantitative estimate of drug-likeness (QED) is 0.456. The molecule has 2 fully saturated rings. The number of alkyl halides is 5. The summed E-state index contributed by atoms with van der Waals surface area (Å²) in [6.45, 7) is 0.156. The molecule has 1 aromatic rings. The van der Waals surface area contributed by atoms with Crippen LogP contribution in [-0.2, 0) is 9.59 Å². The largest absolute Gasteiger partial charge is 0.485 e. The smallest absolute Gasteiger partial charge is 0.456 e. The van der Waals surface area contributed by atoms with Crippen LogP contribution in [0, 0.1) is 0 Å². The predicted octanol–water partition coefficient (Wildman–Crippen LogP) is 2.29. The van der Waals surface area contributed by atoms with Crippen molar-refractivity contribution in [2.45, 2.75) is 37.5 Å². The van der Waals surface area contributed by atoms with E-state index >= 15 is 0 Å². The average molecular weight is 479 g/mol. The Hall–Kier alpha value is -2.47. The van der Waals surface area contributed by atoms with Crippen LogP contribution in [0.5, 0.6) is 5.75 Å². The van der Waals surface area contributed by atoms with Gasteiger partial charge in [-0.15, -0.1) is 0 Å². The normalized spacial score (nSPS) is 19.7. The van der Waals surface area contributed by atoms with Gasteiger partial charge in [0.05, 0.1) is 18.3 Å². The summed E-state index contributed by atoms with van der Waals surface area (Å²) >= 11 is 0. The van der Waals surface area contributed by atoms with Gasteiger partial charge in [0.25, 0.3) is 0 Å². The van der Waals surface area contributed by atoms with Gasteiger partial charge in [0.15, 0.2) is 6.61 Å². The summed E-state index contributed by atoms with van der Waals surface area (Å²) in [5.41, 5.74) is 0.403. The summed E-state index contributed by atoms with van der Waals surface area (Å²) in [6, 6.07) is 6.04. The molecule has 7 nitrogen and oxygen atoms in total. The summed E-state index contributed by atoms with van der Waals surface area (Å²) in [7, 11) is 0. The van der Waals surface area contributed by atoms with Gasteiger partial charge in [0, 0.05) is 45.6 Å². The molecule has 0 saturated carbocycles. The number of hydrogen-bond donors (Lipinski definition) is 1. The molecule has 184 valence electrons. The van der Waals surface area contributed by atoms with E-state index in [1.165, 1.54) is 12.1 Å². The maximum Gasteiger partial charge on any atom is 0.456 e. The van der Waals surface area contributed by atoms with Crippen molar-refractivity contribution in [1.29, 1.82) is 0 Å². The summed E-state index contributed by atoms with van der Waals surface area (Å²) in [5.74, 6) is -5.62. The first-order valence-corrected chi connectivity index (χ1v) is 10.6. The van der Waals surface area contributed by atoms with E-state index in [-0.39, 0.29) is 43.5 Å². The van der Waals surface area contributed by atoms with E-state index in [0.717, 1.165) is 4.90 Å². The lowest BCUT2D eigenvalue weighted by atomic mass is 10.1. The van der Waals surface area contributed by atoms with Crippen LogP contribution in [0.2, 0.25) is 0 Å². The molecule has 2 heterocycles. The number of anilines is 1. The molecule has 1 N–H and O–H groups in total. The molecule has 1 aromatic carbocycles. The summed E-state index contributed by atoms with van der Waals surface area (Å²) in [4.78, 5) is 28.6. The van der Waals surface area contributed by atoms with Crippen molar-refractivity contribution in [3.63, 3.8) is 0 Å². The van der Waals surface area contributed by atoms with Gasteiger partial charge >= 0.3 is 12.1 Å². The maximum absolute atomic E-state index is 13.2. The number of piperidine rings is 1. The second-order valence-electron chi connectivity index (χ2n) is 8.15. The Kier molecular flexibility index (Phi) is 7.78. The minimum absolute atomic E-state index is 0.0675. The van der Waals surface area contributed by atoms with Gasteiger partial charge in [-0.05, 0) is 18.6 Å². The van der Waals surface area contributed by atoms with Gasteiger partial charge in [-0.1, -0.05) is 12.1 Å². The first-order chi connectivity index (χ1) is 15.5. The fourth-order valence-corrected chi connectivity index (χ4v) is 3.83. The summed E-state index contributed by atoms with van der Waals surface area (Å²) in [6.07, 6.45) is -5.52. The zero-order valence-electron chi connectivity index (χ0n) is 17.9. The number of aliphatic hydroxyl groups excluding tert-OH is 1. The number of halogens is 5. The van der Waals surface area contributed by atoms with Gasteiger partial charge < -0.3 is 14.7 Å². The number of β-amino-alcohol motifs (C(OH)–C–C–N with tert-alkyl or cyclic N) is 1. The van der Waals surface area contributed by atoms with Gasteiger partial charge in [-0.2, -0.15) is 22.0 Å². The third-order valence-electron chi connectivity index (χ3n) is 5.65. The lowest BCUT2D eigenvalue weighted by molar-refractivity contribution is -0.289. The molecule has 33 heavy (non-hydrogen) atoms. The lowest BCUT2D eigenvalue weighted by Crippen LogP contribution is -2.51. The molecule has 0 spiro atoms. The monoisotopic (exact) mass is 479 g/mol. The molecule has 2 aliphatic heterocycles. The van der Waals surface area contributed by atoms with E-state index in [0.29, 0.717) is 38.3 Å². The third-order valence-corrected chi connectivity index (χ3v) is 5.65. The van der Waals surface area contributed by atoms with Crippen molar-refractivity contribution in [2.75, 3.05) is 50.8 Å². The Labute approximate surface area is 187 Å². The fourth-order valence-electron chi connectivity index (χ4n) is 3.83. The number of aliphatic hydroxyl groups is 1. The number of hydrogen-bond acceptors (Lipinski definition) is 6. The van der Waals surface area contributed by atoms with Crippen LogP contribution in [-0.4, -0.2) is 90.8 Å². The summed E-state index contributed by atoms with van der Waals surface area (Å²) in [5, 5.41) is 10.3. The highest BCUT2D eigenvalue weighted by Crippen LogP contribution is 2.37. The Balaban J connectivity index is 1.53. The fraction of sp³-hybridized carbons (Fsp3) is 0.619. The standard InChI is InChI=1S/C21H26F5N3O4/c22-20(23,21(24,25)26)14-33-17-5-2-1-4-16(17)28-10-8-27(9-11-28)12-15(30)13-29-18(31)6-3-7-19(29)32/h1-2,4-5,15,30H,3,6-14H2.